The van der Waals surface area contributed by atoms with E-state index in [-0.39, 0.29) is 16.7 Å². The number of nitrogens with zero attached hydrogens (tertiary/aromatic N) is 2. The summed E-state index contributed by atoms with van der Waals surface area (Å²) in [6.45, 7) is 3.31. The summed E-state index contributed by atoms with van der Waals surface area (Å²) in [6.07, 6.45) is 3.11. The van der Waals surface area contributed by atoms with Crippen molar-refractivity contribution in [3.05, 3.63) is 47.3 Å². The van der Waals surface area contributed by atoms with Gasteiger partial charge in [-0.2, -0.15) is 5.10 Å². The molecule has 1 amide bonds. The Morgan fingerprint density at radius 2 is 2.00 bits per heavy atom. The molecule has 1 aliphatic rings. The first-order valence-corrected chi connectivity index (χ1v) is 9.85. The van der Waals surface area contributed by atoms with Crippen LogP contribution in [0, 0.1) is 6.92 Å². The molecule has 0 bridgehead atoms. The number of hydrogen-bond acceptors (Lipinski definition) is 4. The first-order valence-electron chi connectivity index (χ1n) is 7.96. The third kappa shape index (κ3) is 3.51. The Kier molecular flexibility index (Phi) is 4.45. The average Bonchev–Trinajstić information content (AvgIpc) is 3.00. The highest BCUT2D eigenvalue weighted by Crippen LogP contribution is 2.27. The van der Waals surface area contributed by atoms with Crippen LogP contribution in [0.1, 0.15) is 40.5 Å². The van der Waals surface area contributed by atoms with Crippen LogP contribution in [-0.4, -0.2) is 48.8 Å². The molecule has 1 atom stereocenters. The van der Waals surface area contributed by atoms with E-state index in [1.165, 1.54) is 12.1 Å². The number of nitrogens with one attached hydrogen (secondary N) is 1. The predicted octanol–water partition coefficient (Wildman–Crippen LogP) is 2.14. The van der Waals surface area contributed by atoms with Crippen molar-refractivity contribution in [2.75, 3.05) is 19.3 Å². The van der Waals surface area contributed by atoms with Gasteiger partial charge in [-0.3, -0.25) is 9.89 Å². The van der Waals surface area contributed by atoms with E-state index >= 15 is 0 Å². The van der Waals surface area contributed by atoms with Gasteiger partial charge in [-0.05, 0) is 50.1 Å². The normalized spacial score (nSPS) is 18.6. The van der Waals surface area contributed by atoms with Crippen LogP contribution in [0.4, 0.5) is 0 Å². The van der Waals surface area contributed by atoms with Gasteiger partial charge in [-0.15, -0.1) is 0 Å². The summed E-state index contributed by atoms with van der Waals surface area (Å²) in [5.74, 6) is 0.176. The molecule has 1 fully saturated rings. The van der Waals surface area contributed by atoms with Gasteiger partial charge in [0, 0.05) is 36.5 Å². The summed E-state index contributed by atoms with van der Waals surface area (Å²) < 4.78 is 23.0. The van der Waals surface area contributed by atoms with Crippen molar-refractivity contribution >= 4 is 15.7 Å². The summed E-state index contributed by atoms with van der Waals surface area (Å²) in [5, 5.41) is 7.27. The highest BCUT2D eigenvalue weighted by atomic mass is 32.2. The zero-order valence-corrected chi connectivity index (χ0v) is 14.6. The Bertz CT molecular complexity index is 840. The van der Waals surface area contributed by atoms with Crippen molar-refractivity contribution in [2.45, 2.75) is 30.6 Å². The fourth-order valence-corrected chi connectivity index (χ4v) is 3.71. The van der Waals surface area contributed by atoms with Gasteiger partial charge in [0.05, 0.1) is 10.6 Å². The lowest BCUT2D eigenvalue weighted by Crippen LogP contribution is -2.39. The molecular formula is C17H21N3O3S. The van der Waals surface area contributed by atoms with E-state index in [4.69, 9.17) is 0 Å². The number of benzene rings is 1. The Morgan fingerprint density at radius 1 is 1.29 bits per heavy atom. The molecule has 6 nitrogen and oxygen atoms in total. The maximum Gasteiger partial charge on any atom is 0.253 e. The van der Waals surface area contributed by atoms with Gasteiger partial charge in [0.2, 0.25) is 0 Å². The smallest absolute Gasteiger partial charge is 0.253 e. The maximum absolute atomic E-state index is 12.7. The second-order valence-corrected chi connectivity index (χ2v) is 8.38. The lowest BCUT2D eigenvalue weighted by atomic mass is 9.94. The molecule has 0 saturated carbocycles. The number of hydrogen-bond donors (Lipinski definition) is 1. The van der Waals surface area contributed by atoms with Crippen LogP contribution in [0.2, 0.25) is 0 Å². The topological polar surface area (TPSA) is 83.1 Å². The van der Waals surface area contributed by atoms with E-state index < -0.39 is 9.84 Å². The van der Waals surface area contributed by atoms with Crippen LogP contribution in [0.25, 0.3) is 0 Å². The number of aryl methyl sites for hydroxylation is 1. The Hall–Kier alpha value is -2.15. The number of rotatable bonds is 3. The van der Waals surface area contributed by atoms with Crippen molar-refractivity contribution < 1.29 is 13.2 Å². The highest BCUT2D eigenvalue weighted by Gasteiger charge is 2.27. The molecule has 1 aliphatic heterocycles. The lowest BCUT2D eigenvalue weighted by molar-refractivity contribution is 0.0705. The number of carbonyl (C=O) groups excluding carboxylic acids is 1. The number of piperidine rings is 1. The number of likely N-dealkylation sites (tertiary alicyclic amines) is 1. The van der Waals surface area contributed by atoms with Crippen molar-refractivity contribution in [3.8, 4) is 0 Å². The molecule has 0 aliphatic carbocycles. The second kappa shape index (κ2) is 6.39. The quantitative estimate of drug-likeness (QED) is 0.922. The molecule has 0 spiro atoms. The maximum atomic E-state index is 12.7. The average molecular weight is 347 g/mol. The first kappa shape index (κ1) is 16.7. The van der Waals surface area contributed by atoms with Crippen LogP contribution < -0.4 is 0 Å². The summed E-state index contributed by atoms with van der Waals surface area (Å²) in [4.78, 5) is 14.7. The van der Waals surface area contributed by atoms with Crippen LogP contribution in [0.15, 0.2) is 35.2 Å². The molecule has 24 heavy (non-hydrogen) atoms. The highest BCUT2D eigenvalue weighted by molar-refractivity contribution is 7.90. The van der Waals surface area contributed by atoms with Crippen molar-refractivity contribution in [2.24, 2.45) is 0 Å². The third-order valence-electron chi connectivity index (χ3n) is 4.38. The van der Waals surface area contributed by atoms with Crippen molar-refractivity contribution in [1.82, 2.24) is 15.1 Å². The van der Waals surface area contributed by atoms with Crippen LogP contribution >= 0.6 is 0 Å². The molecular weight excluding hydrogens is 326 g/mol. The Balaban J connectivity index is 1.74. The standard InChI is InChI=1S/C17H21N3O3S/c1-12-10-16(19-18-12)14-4-3-9-20(11-14)17(21)13-5-7-15(8-6-13)24(2,22)23/h5-8,10,14H,3-4,9,11H2,1-2H3,(H,18,19). The van der Waals surface area contributed by atoms with Gasteiger partial charge in [0.15, 0.2) is 9.84 Å². The molecule has 1 unspecified atom stereocenters. The third-order valence-corrected chi connectivity index (χ3v) is 5.51. The van der Waals surface area contributed by atoms with Gasteiger partial charge in [-0.1, -0.05) is 0 Å². The largest absolute Gasteiger partial charge is 0.338 e. The van der Waals surface area contributed by atoms with Gasteiger partial charge in [-0.25, -0.2) is 8.42 Å². The molecule has 128 valence electrons. The monoisotopic (exact) mass is 347 g/mol. The summed E-state index contributed by atoms with van der Waals surface area (Å²) in [7, 11) is -3.25. The van der Waals surface area contributed by atoms with Crippen LogP contribution in [-0.2, 0) is 9.84 Å². The molecule has 1 N–H and O–H groups in total. The fraction of sp³-hybridized carbons (Fsp3) is 0.412. The number of aromatic amines is 1. The van der Waals surface area contributed by atoms with Gasteiger partial charge in [0.1, 0.15) is 0 Å². The minimum atomic E-state index is -3.25. The SMILES string of the molecule is Cc1cc(C2CCCN(C(=O)c3ccc(S(C)(=O)=O)cc3)C2)n[nH]1. The fourth-order valence-electron chi connectivity index (χ4n) is 3.08. The Morgan fingerprint density at radius 3 is 2.58 bits per heavy atom. The van der Waals surface area contributed by atoms with Crippen LogP contribution in [0.5, 0.6) is 0 Å². The molecule has 2 aromatic rings. The molecule has 2 heterocycles. The summed E-state index contributed by atoms with van der Waals surface area (Å²) >= 11 is 0. The summed E-state index contributed by atoms with van der Waals surface area (Å²) in [6, 6.07) is 8.17. The number of carbonyl (C=O) groups is 1. The molecule has 3 rings (SSSR count). The van der Waals surface area contributed by atoms with E-state index in [1.807, 2.05) is 17.9 Å². The minimum absolute atomic E-state index is 0.0630. The molecule has 1 saturated heterocycles. The zero-order chi connectivity index (χ0) is 17.3. The number of amides is 1. The second-order valence-electron chi connectivity index (χ2n) is 6.36. The van der Waals surface area contributed by atoms with E-state index in [0.29, 0.717) is 18.7 Å². The zero-order valence-electron chi connectivity index (χ0n) is 13.8. The van der Waals surface area contributed by atoms with Crippen LogP contribution in [0.3, 0.4) is 0 Å². The van der Waals surface area contributed by atoms with E-state index in [0.717, 1.165) is 30.5 Å². The van der Waals surface area contributed by atoms with Gasteiger partial charge >= 0.3 is 0 Å². The van der Waals surface area contributed by atoms with Gasteiger partial charge < -0.3 is 4.90 Å². The summed E-state index contributed by atoms with van der Waals surface area (Å²) in [5.41, 5.74) is 2.53. The number of H-pyrrole nitrogens is 1. The van der Waals surface area contributed by atoms with E-state index in [9.17, 15) is 13.2 Å². The van der Waals surface area contributed by atoms with E-state index in [2.05, 4.69) is 10.2 Å². The molecule has 1 aromatic carbocycles. The molecule has 1 aromatic heterocycles. The van der Waals surface area contributed by atoms with Crippen molar-refractivity contribution in [1.29, 1.82) is 0 Å². The Labute approximate surface area is 141 Å². The predicted molar refractivity (Wildman–Crippen MR) is 90.8 cm³/mol. The lowest BCUT2D eigenvalue weighted by Gasteiger charge is -2.32. The molecule has 7 heteroatoms. The number of aromatic nitrogens is 2. The van der Waals surface area contributed by atoms with E-state index in [1.54, 1.807) is 12.1 Å². The van der Waals surface area contributed by atoms with Crippen molar-refractivity contribution in [3.63, 3.8) is 0 Å². The first-order chi connectivity index (χ1) is 11.3. The minimum Gasteiger partial charge on any atom is -0.338 e. The molecule has 0 radical (unpaired) electrons. The van der Waals surface area contributed by atoms with Gasteiger partial charge in [0.25, 0.3) is 5.91 Å². The number of sulfone groups is 1.